The Hall–Kier alpha value is -1.24. The van der Waals surface area contributed by atoms with Gasteiger partial charge in [-0.25, -0.2) is 4.39 Å². The fraction of sp³-hybridized carbons (Fsp3) is 0.400. The summed E-state index contributed by atoms with van der Waals surface area (Å²) in [6.07, 6.45) is -1.00. The molecule has 0 aliphatic rings. The smallest absolute Gasteiger partial charge is 0.274 e. The van der Waals surface area contributed by atoms with E-state index >= 15 is 0 Å². The van der Waals surface area contributed by atoms with E-state index in [0.29, 0.717) is 0 Å². The van der Waals surface area contributed by atoms with Gasteiger partial charge in [0.1, 0.15) is 5.82 Å². The highest BCUT2D eigenvalue weighted by Crippen LogP contribution is 2.27. The lowest BCUT2D eigenvalue weighted by Gasteiger charge is -2.10. The second kappa shape index (κ2) is 5.90. The number of hydrogen-bond acceptors (Lipinski definition) is 4. The summed E-state index contributed by atoms with van der Waals surface area (Å²) in [4.78, 5) is 10.1. The lowest BCUT2D eigenvalue weighted by Crippen LogP contribution is -2.17. The molecule has 1 aromatic carbocycles. The minimum absolute atomic E-state index is 0.0153. The molecule has 0 heterocycles. The molecule has 0 aliphatic heterocycles. The maximum absolute atomic E-state index is 13.2. The van der Waals surface area contributed by atoms with E-state index < -0.39 is 16.8 Å². The van der Waals surface area contributed by atoms with Crippen molar-refractivity contribution in [3.63, 3.8) is 0 Å². The van der Waals surface area contributed by atoms with E-state index in [0.717, 1.165) is 12.1 Å². The summed E-state index contributed by atoms with van der Waals surface area (Å²) in [7, 11) is 1.39. The molecular formula is C10H11ClFNO4. The Morgan fingerprint density at radius 2 is 2.29 bits per heavy atom. The number of rotatable bonds is 5. The van der Waals surface area contributed by atoms with Gasteiger partial charge < -0.3 is 9.84 Å². The number of nitrogens with zero attached hydrogens (tertiary/aromatic N) is 1. The molecule has 0 spiro atoms. The van der Waals surface area contributed by atoms with Gasteiger partial charge in [0.2, 0.25) is 0 Å². The molecule has 0 saturated heterocycles. The number of halogens is 2. The van der Waals surface area contributed by atoms with Crippen molar-refractivity contribution in [1.29, 1.82) is 0 Å². The third-order valence-corrected chi connectivity index (χ3v) is 2.42. The average Bonchev–Trinajstić information content (AvgIpc) is 2.23. The molecule has 1 N–H and O–H groups in total. The van der Waals surface area contributed by atoms with Crippen molar-refractivity contribution in [3.8, 4) is 0 Å². The van der Waals surface area contributed by atoms with Crippen LogP contribution < -0.4 is 0 Å². The van der Waals surface area contributed by atoms with E-state index in [4.69, 9.17) is 16.3 Å². The van der Waals surface area contributed by atoms with E-state index in [2.05, 4.69) is 0 Å². The molecule has 0 radical (unpaired) electrons. The Kier molecular flexibility index (Phi) is 4.80. The number of benzene rings is 1. The van der Waals surface area contributed by atoms with Crippen LogP contribution in [0.15, 0.2) is 12.1 Å². The Morgan fingerprint density at radius 3 is 2.82 bits per heavy atom. The van der Waals surface area contributed by atoms with Gasteiger partial charge in [0, 0.05) is 25.2 Å². The standard InChI is InChI=1S/C10H11ClFNO4/c1-17-5-7(14)2-6-3-9(12)8(11)4-10(6)13(15)16/h3-4,7,14H,2,5H2,1H3. The second-order valence-corrected chi connectivity index (χ2v) is 3.87. The number of aliphatic hydroxyl groups excluding tert-OH is 1. The Labute approximate surface area is 102 Å². The number of aliphatic hydroxyl groups is 1. The van der Waals surface area contributed by atoms with Gasteiger partial charge in [-0.1, -0.05) is 11.6 Å². The van der Waals surface area contributed by atoms with Gasteiger partial charge in [0.15, 0.2) is 0 Å². The highest BCUT2D eigenvalue weighted by Gasteiger charge is 2.20. The summed E-state index contributed by atoms with van der Waals surface area (Å²) in [6, 6.07) is 1.89. The van der Waals surface area contributed by atoms with Crippen LogP contribution in [0.5, 0.6) is 0 Å². The van der Waals surface area contributed by atoms with Crippen molar-refractivity contribution < 1.29 is 19.2 Å². The van der Waals surface area contributed by atoms with E-state index in [1.165, 1.54) is 7.11 Å². The highest BCUT2D eigenvalue weighted by molar-refractivity contribution is 6.31. The fourth-order valence-electron chi connectivity index (χ4n) is 1.42. The van der Waals surface area contributed by atoms with Crippen molar-refractivity contribution in [1.82, 2.24) is 0 Å². The maximum Gasteiger partial charge on any atom is 0.274 e. The van der Waals surface area contributed by atoms with Gasteiger partial charge in [-0.3, -0.25) is 10.1 Å². The average molecular weight is 264 g/mol. The molecular weight excluding hydrogens is 253 g/mol. The van der Waals surface area contributed by atoms with Crippen LogP contribution in [0.1, 0.15) is 5.56 Å². The quantitative estimate of drug-likeness (QED) is 0.651. The summed E-state index contributed by atoms with van der Waals surface area (Å²) in [6.45, 7) is 0.0153. The Morgan fingerprint density at radius 1 is 1.65 bits per heavy atom. The van der Waals surface area contributed by atoms with Crippen LogP contribution in [0, 0.1) is 15.9 Å². The van der Waals surface area contributed by atoms with Gasteiger partial charge in [0.05, 0.1) is 22.7 Å². The zero-order valence-electron chi connectivity index (χ0n) is 9.02. The predicted octanol–water partition coefficient (Wildman–Crippen LogP) is 1.94. The zero-order valence-corrected chi connectivity index (χ0v) is 9.78. The van der Waals surface area contributed by atoms with Crippen molar-refractivity contribution in [2.24, 2.45) is 0 Å². The number of hydrogen-bond donors (Lipinski definition) is 1. The van der Waals surface area contributed by atoms with E-state index in [1.807, 2.05) is 0 Å². The van der Waals surface area contributed by atoms with Crippen LogP contribution in [-0.4, -0.2) is 29.9 Å². The van der Waals surface area contributed by atoms with Crippen LogP contribution in [0.2, 0.25) is 5.02 Å². The number of ether oxygens (including phenoxy) is 1. The van der Waals surface area contributed by atoms with Gasteiger partial charge in [-0.15, -0.1) is 0 Å². The SMILES string of the molecule is COCC(O)Cc1cc(F)c(Cl)cc1[N+](=O)[O-]. The first-order valence-corrected chi connectivity index (χ1v) is 5.12. The second-order valence-electron chi connectivity index (χ2n) is 3.47. The van der Waals surface area contributed by atoms with E-state index in [-0.39, 0.29) is 29.3 Å². The molecule has 1 aromatic rings. The van der Waals surface area contributed by atoms with Crippen molar-refractivity contribution in [3.05, 3.63) is 38.7 Å². The maximum atomic E-state index is 13.2. The molecule has 5 nitrogen and oxygen atoms in total. The van der Waals surface area contributed by atoms with Crippen LogP contribution in [0.25, 0.3) is 0 Å². The predicted molar refractivity (Wildman–Crippen MR) is 59.7 cm³/mol. The van der Waals surface area contributed by atoms with Gasteiger partial charge >= 0.3 is 0 Å². The molecule has 1 rings (SSSR count). The largest absolute Gasteiger partial charge is 0.390 e. The number of nitro groups is 1. The minimum Gasteiger partial charge on any atom is -0.390 e. The summed E-state index contributed by atoms with van der Waals surface area (Å²) in [5, 5.41) is 19.9. The molecule has 1 unspecified atom stereocenters. The molecule has 0 aromatic heterocycles. The van der Waals surface area contributed by atoms with Crippen LogP contribution in [0.4, 0.5) is 10.1 Å². The molecule has 0 bridgehead atoms. The molecule has 0 amide bonds. The zero-order chi connectivity index (χ0) is 13.0. The van der Waals surface area contributed by atoms with Crippen LogP contribution in [-0.2, 0) is 11.2 Å². The molecule has 0 aliphatic carbocycles. The van der Waals surface area contributed by atoms with E-state index in [9.17, 15) is 19.6 Å². The third kappa shape index (κ3) is 3.62. The van der Waals surface area contributed by atoms with Gasteiger partial charge in [0.25, 0.3) is 5.69 Å². The molecule has 1 atom stereocenters. The molecule has 7 heteroatoms. The number of methoxy groups -OCH3 is 1. The summed E-state index contributed by atoms with van der Waals surface area (Å²) >= 11 is 5.46. The molecule has 94 valence electrons. The first kappa shape index (κ1) is 13.8. The van der Waals surface area contributed by atoms with Crippen molar-refractivity contribution >= 4 is 17.3 Å². The van der Waals surface area contributed by atoms with Crippen molar-refractivity contribution in [2.45, 2.75) is 12.5 Å². The van der Waals surface area contributed by atoms with Gasteiger partial charge in [-0.2, -0.15) is 0 Å². The third-order valence-electron chi connectivity index (χ3n) is 2.13. The monoisotopic (exact) mass is 263 g/mol. The van der Waals surface area contributed by atoms with Crippen LogP contribution in [0.3, 0.4) is 0 Å². The fourth-order valence-corrected chi connectivity index (χ4v) is 1.57. The molecule has 0 saturated carbocycles. The summed E-state index contributed by atoms with van der Waals surface area (Å²) in [5.74, 6) is -0.753. The molecule has 17 heavy (non-hydrogen) atoms. The topological polar surface area (TPSA) is 72.6 Å². The summed E-state index contributed by atoms with van der Waals surface area (Å²) < 4.78 is 17.9. The first-order valence-electron chi connectivity index (χ1n) is 4.75. The number of nitro benzene ring substituents is 1. The highest BCUT2D eigenvalue weighted by atomic mass is 35.5. The van der Waals surface area contributed by atoms with Gasteiger partial charge in [-0.05, 0) is 6.07 Å². The Balaban J connectivity index is 3.04. The minimum atomic E-state index is -0.931. The molecule has 0 fully saturated rings. The Bertz CT molecular complexity index is 427. The summed E-state index contributed by atoms with van der Waals surface area (Å²) in [5.41, 5.74) is -0.229. The van der Waals surface area contributed by atoms with Crippen LogP contribution >= 0.6 is 11.6 Å². The van der Waals surface area contributed by atoms with Crippen molar-refractivity contribution in [2.75, 3.05) is 13.7 Å². The normalized spacial score (nSPS) is 12.5. The first-order chi connectivity index (χ1) is 7.95. The lowest BCUT2D eigenvalue weighted by atomic mass is 10.1. The lowest BCUT2D eigenvalue weighted by molar-refractivity contribution is -0.385. The van der Waals surface area contributed by atoms with E-state index in [1.54, 1.807) is 0 Å².